The Morgan fingerprint density at radius 3 is 2.70 bits per heavy atom. The molecule has 3 nitrogen and oxygen atoms in total. The summed E-state index contributed by atoms with van der Waals surface area (Å²) in [5.74, 6) is 0.286. The van der Waals surface area contributed by atoms with Gasteiger partial charge in [0.2, 0.25) is 5.91 Å². The molecule has 0 bridgehead atoms. The van der Waals surface area contributed by atoms with Crippen LogP contribution < -0.4 is 5.32 Å². The van der Waals surface area contributed by atoms with Crippen molar-refractivity contribution in [3.05, 3.63) is 35.9 Å². The summed E-state index contributed by atoms with van der Waals surface area (Å²) in [5.41, 5.74) is 1.49. The van der Waals surface area contributed by atoms with Crippen molar-refractivity contribution in [1.82, 2.24) is 10.2 Å². The number of nitrogens with one attached hydrogen (secondary N) is 1. The predicted octanol–water partition coefficient (Wildman–Crippen LogP) is 2.57. The number of carbonyl (C=O) groups is 1. The van der Waals surface area contributed by atoms with E-state index in [1.54, 1.807) is 0 Å². The highest BCUT2D eigenvalue weighted by Gasteiger charge is 2.44. The Bertz CT molecular complexity index is 483. The zero-order valence-corrected chi connectivity index (χ0v) is 12.4. The zero-order valence-electron chi connectivity index (χ0n) is 12.4. The first-order valence-corrected chi connectivity index (χ1v) is 7.66. The average molecular weight is 272 g/mol. The van der Waals surface area contributed by atoms with Gasteiger partial charge in [-0.1, -0.05) is 50.6 Å². The van der Waals surface area contributed by atoms with E-state index >= 15 is 0 Å². The zero-order chi connectivity index (χ0) is 14.2. The van der Waals surface area contributed by atoms with Crippen LogP contribution in [0.5, 0.6) is 0 Å². The number of hydrogen-bond donors (Lipinski definition) is 1. The molecule has 1 heterocycles. The molecule has 20 heavy (non-hydrogen) atoms. The van der Waals surface area contributed by atoms with Crippen molar-refractivity contribution in [2.24, 2.45) is 5.41 Å². The topological polar surface area (TPSA) is 32.3 Å². The molecule has 1 aromatic rings. The molecule has 1 aliphatic heterocycles. The summed E-state index contributed by atoms with van der Waals surface area (Å²) in [7, 11) is 0. The smallest absolute Gasteiger partial charge is 0.241 e. The summed E-state index contributed by atoms with van der Waals surface area (Å²) in [6, 6.07) is 10.6. The fourth-order valence-corrected chi connectivity index (χ4v) is 3.73. The Morgan fingerprint density at radius 2 is 2.05 bits per heavy atom. The molecule has 1 N–H and O–H groups in total. The lowest BCUT2D eigenvalue weighted by molar-refractivity contribution is -0.132. The molecule has 3 heteroatoms. The summed E-state index contributed by atoms with van der Waals surface area (Å²) in [6.45, 7) is 5.30. The second-order valence-electron chi connectivity index (χ2n) is 6.81. The second-order valence-corrected chi connectivity index (χ2v) is 6.81. The fourth-order valence-electron chi connectivity index (χ4n) is 3.73. The first-order valence-electron chi connectivity index (χ1n) is 7.66. The van der Waals surface area contributed by atoms with E-state index in [0.717, 1.165) is 12.8 Å². The molecular formula is C17H24N2O. The van der Waals surface area contributed by atoms with E-state index in [1.165, 1.54) is 18.4 Å². The molecule has 2 fully saturated rings. The van der Waals surface area contributed by atoms with E-state index < -0.39 is 0 Å². The van der Waals surface area contributed by atoms with Crippen molar-refractivity contribution in [3.63, 3.8) is 0 Å². The van der Waals surface area contributed by atoms with Crippen molar-refractivity contribution >= 4 is 5.91 Å². The maximum absolute atomic E-state index is 12.6. The quantitative estimate of drug-likeness (QED) is 0.917. The molecule has 2 aliphatic rings. The molecule has 1 aromatic carbocycles. The Kier molecular flexibility index (Phi) is 3.55. The van der Waals surface area contributed by atoms with E-state index in [9.17, 15) is 4.79 Å². The molecule has 1 saturated heterocycles. The van der Waals surface area contributed by atoms with Gasteiger partial charge in [0, 0.05) is 6.04 Å². The van der Waals surface area contributed by atoms with Crippen LogP contribution in [0.1, 0.15) is 38.7 Å². The van der Waals surface area contributed by atoms with Gasteiger partial charge in [0.25, 0.3) is 0 Å². The molecular weight excluding hydrogens is 248 g/mol. The molecule has 1 amide bonds. The van der Waals surface area contributed by atoms with Crippen molar-refractivity contribution < 1.29 is 4.79 Å². The maximum atomic E-state index is 12.6. The Morgan fingerprint density at radius 1 is 1.30 bits per heavy atom. The van der Waals surface area contributed by atoms with Crippen LogP contribution in [-0.4, -0.2) is 29.6 Å². The van der Waals surface area contributed by atoms with Crippen molar-refractivity contribution in [1.29, 1.82) is 0 Å². The van der Waals surface area contributed by atoms with E-state index in [2.05, 4.69) is 36.2 Å². The Balaban J connectivity index is 1.68. The van der Waals surface area contributed by atoms with Crippen LogP contribution in [0, 0.1) is 5.41 Å². The molecule has 1 aliphatic carbocycles. The van der Waals surface area contributed by atoms with Crippen LogP contribution in [0.2, 0.25) is 0 Å². The van der Waals surface area contributed by atoms with Gasteiger partial charge in [-0.15, -0.1) is 0 Å². The fraction of sp³-hybridized carbons (Fsp3) is 0.588. The number of benzene rings is 1. The summed E-state index contributed by atoms with van der Waals surface area (Å²) < 4.78 is 0. The number of hydrogen-bond acceptors (Lipinski definition) is 2. The largest absolute Gasteiger partial charge is 0.325 e. The number of nitrogens with zero attached hydrogens (tertiary/aromatic N) is 1. The van der Waals surface area contributed by atoms with Crippen LogP contribution in [0.4, 0.5) is 0 Å². The first-order chi connectivity index (χ1) is 9.58. The highest BCUT2D eigenvalue weighted by molar-refractivity contribution is 5.84. The van der Waals surface area contributed by atoms with Crippen LogP contribution >= 0.6 is 0 Å². The minimum absolute atomic E-state index is 0.0474. The highest BCUT2D eigenvalue weighted by atomic mass is 16.2. The van der Waals surface area contributed by atoms with E-state index in [0.29, 0.717) is 12.7 Å². The number of rotatable bonds is 3. The third-order valence-electron chi connectivity index (χ3n) is 4.95. The van der Waals surface area contributed by atoms with Gasteiger partial charge in [0.1, 0.15) is 0 Å². The standard InChI is InChI=1S/C17H24N2O/c1-17(2)10-6-9-15(17)19-12-18-14(16(19)20)11-13-7-4-3-5-8-13/h3-5,7-8,14-15,18H,6,9-12H2,1-2H3. The lowest BCUT2D eigenvalue weighted by Crippen LogP contribution is -2.44. The van der Waals surface area contributed by atoms with Crippen molar-refractivity contribution in [3.8, 4) is 0 Å². The van der Waals surface area contributed by atoms with Crippen LogP contribution in [0.3, 0.4) is 0 Å². The van der Waals surface area contributed by atoms with Gasteiger partial charge in [0.15, 0.2) is 0 Å². The van der Waals surface area contributed by atoms with Crippen molar-refractivity contribution in [2.75, 3.05) is 6.67 Å². The first kappa shape index (κ1) is 13.6. The van der Waals surface area contributed by atoms with Gasteiger partial charge < -0.3 is 4.90 Å². The van der Waals surface area contributed by atoms with Gasteiger partial charge in [-0.05, 0) is 30.2 Å². The van der Waals surface area contributed by atoms with Crippen LogP contribution in [0.25, 0.3) is 0 Å². The lowest BCUT2D eigenvalue weighted by Gasteiger charge is -2.34. The van der Waals surface area contributed by atoms with E-state index in [1.807, 2.05) is 18.2 Å². The summed E-state index contributed by atoms with van der Waals surface area (Å²) in [6.07, 6.45) is 4.41. The van der Waals surface area contributed by atoms with E-state index in [-0.39, 0.29) is 17.4 Å². The maximum Gasteiger partial charge on any atom is 0.241 e. The van der Waals surface area contributed by atoms with Crippen molar-refractivity contribution in [2.45, 2.75) is 51.6 Å². The minimum Gasteiger partial charge on any atom is -0.325 e. The van der Waals surface area contributed by atoms with Gasteiger partial charge in [-0.2, -0.15) is 0 Å². The molecule has 3 rings (SSSR count). The minimum atomic E-state index is -0.0474. The van der Waals surface area contributed by atoms with Gasteiger partial charge in [0.05, 0.1) is 12.7 Å². The highest BCUT2D eigenvalue weighted by Crippen LogP contribution is 2.41. The molecule has 0 spiro atoms. The summed E-state index contributed by atoms with van der Waals surface area (Å²) in [5, 5.41) is 3.40. The summed E-state index contributed by atoms with van der Waals surface area (Å²) in [4.78, 5) is 14.7. The molecule has 1 saturated carbocycles. The Labute approximate surface area is 121 Å². The normalized spacial score (nSPS) is 29.1. The lowest BCUT2D eigenvalue weighted by atomic mass is 9.86. The molecule has 0 aromatic heterocycles. The van der Waals surface area contributed by atoms with Gasteiger partial charge >= 0.3 is 0 Å². The predicted molar refractivity (Wildman–Crippen MR) is 80.2 cm³/mol. The molecule has 0 radical (unpaired) electrons. The average Bonchev–Trinajstić information content (AvgIpc) is 2.94. The second kappa shape index (κ2) is 5.21. The molecule has 108 valence electrons. The summed E-state index contributed by atoms with van der Waals surface area (Å²) >= 11 is 0. The van der Waals surface area contributed by atoms with Crippen LogP contribution in [-0.2, 0) is 11.2 Å². The van der Waals surface area contributed by atoms with Crippen LogP contribution in [0.15, 0.2) is 30.3 Å². The van der Waals surface area contributed by atoms with E-state index in [4.69, 9.17) is 0 Å². The van der Waals surface area contributed by atoms with Gasteiger partial charge in [-0.25, -0.2) is 0 Å². The number of carbonyl (C=O) groups excluding carboxylic acids is 1. The monoisotopic (exact) mass is 272 g/mol. The third-order valence-corrected chi connectivity index (χ3v) is 4.95. The molecule has 2 unspecified atom stereocenters. The third kappa shape index (κ3) is 2.47. The van der Waals surface area contributed by atoms with Gasteiger partial charge in [-0.3, -0.25) is 10.1 Å². The SMILES string of the molecule is CC1(C)CCCC1N1CNC(Cc2ccccc2)C1=O. The Hall–Kier alpha value is -1.35. The molecule has 2 atom stereocenters. The number of amides is 1.